The lowest BCUT2D eigenvalue weighted by atomic mass is 10.1. The van der Waals surface area contributed by atoms with Gasteiger partial charge in [0, 0.05) is 17.3 Å². The van der Waals surface area contributed by atoms with E-state index in [2.05, 4.69) is 10.6 Å². The van der Waals surface area contributed by atoms with Gasteiger partial charge in [-0.1, -0.05) is 0 Å². The largest absolute Gasteiger partial charge is 0.471 e. The molecule has 0 aliphatic rings. The predicted octanol–water partition coefficient (Wildman–Crippen LogP) is 3.29. The number of hydrogen-bond acceptors (Lipinski definition) is 3. The van der Waals surface area contributed by atoms with Gasteiger partial charge in [-0.05, 0) is 57.0 Å². The average molecular weight is 300 g/mol. The number of amides is 2. The van der Waals surface area contributed by atoms with Gasteiger partial charge in [-0.25, -0.2) is 0 Å². The van der Waals surface area contributed by atoms with Crippen molar-refractivity contribution in [2.24, 2.45) is 0 Å². The lowest BCUT2D eigenvalue weighted by molar-refractivity contribution is 0.0942. The minimum absolute atomic E-state index is 0.0790. The topological polar surface area (TPSA) is 71.3 Å². The number of rotatable bonds is 4. The third-order valence-corrected chi connectivity index (χ3v) is 3.25. The van der Waals surface area contributed by atoms with Gasteiger partial charge in [-0.2, -0.15) is 0 Å². The number of carbonyl (C=O) groups is 2. The molecule has 1 aromatic heterocycles. The van der Waals surface area contributed by atoms with Crippen LogP contribution in [0.1, 0.15) is 45.7 Å². The summed E-state index contributed by atoms with van der Waals surface area (Å²) >= 11 is 0. The van der Waals surface area contributed by atoms with Crippen LogP contribution >= 0.6 is 0 Å². The highest BCUT2D eigenvalue weighted by molar-refractivity contribution is 6.05. The second kappa shape index (κ2) is 6.47. The molecule has 0 aliphatic heterocycles. The fraction of sp³-hybridized carbons (Fsp3) is 0.294. The van der Waals surface area contributed by atoms with E-state index >= 15 is 0 Å². The highest BCUT2D eigenvalue weighted by Gasteiger charge is 2.14. The monoisotopic (exact) mass is 300 g/mol. The summed E-state index contributed by atoms with van der Waals surface area (Å²) in [6.07, 6.45) is 2.95. The summed E-state index contributed by atoms with van der Waals surface area (Å²) in [6, 6.07) is 5.29. The zero-order chi connectivity index (χ0) is 16.3. The molecule has 0 aliphatic carbocycles. The molecule has 1 aromatic carbocycles. The Labute approximate surface area is 129 Å². The Kier molecular flexibility index (Phi) is 4.65. The second-order valence-corrected chi connectivity index (χ2v) is 5.58. The van der Waals surface area contributed by atoms with Crippen LogP contribution in [0.3, 0.4) is 0 Å². The van der Waals surface area contributed by atoms with Gasteiger partial charge in [0.2, 0.25) is 0 Å². The van der Waals surface area contributed by atoms with Crippen molar-refractivity contribution in [3.05, 3.63) is 53.0 Å². The molecule has 2 N–H and O–H groups in total. The van der Waals surface area contributed by atoms with E-state index in [0.717, 1.165) is 11.1 Å². The Morgan fingerprint density at radius 1 is 1.00 bits per heavy atom. The van der Waals surface area contributed by atoms with Crippen LogP contribution in [0.5, 0.6) is 0 Å². The quantitative estimate of drug-likeness (QED) is 0.910. The zero-order valence-corrected chi connectivity index (χ0v) is 13.2. The molecular formula is C17H20N2O3. The molecule has 0 radical (unpaired) electrons. The first kappa shape index (κ1) is 15.8. The van der Waals surface area contributed by atoms with E-state index < -0.39 is 0 Å². The molecule has 2 rings (SSSR count). The Hall–Kier alpha value is -2.56. The highest BCUT2D eigenvalue weighted by Crippen LogP contribution is 2.17. The molecule has 5 nitrogen and oxygen atoms in total. The molecule has 0 saturated carbocycles. The highest BCUT2D eigenvalue weighted by atomic mass is 16.3. The summed E-state index contributed by atoms with van der Waals surface area (Å²) in [7, 11) is 0. The van der Waals surface area contributed by atoms with Crippen LogP contribution in [0.15, 0.2) is 35.1 Å². The van der Waals surface area contributed by atoms with Gasteiger partial charge in [0.1, 0.15) is 6.26 Å². The number of hydrogen-bond donors (Lipinski definition) is 2. The van der Waals surface area contributed by atoms with Crippen LogP contribution in [0, 0.1) is 13.8 Å². The number of aryl methyl sites for hydroxylation is 2. The molecule has 0 unspecified atom stereocenters. The molecule has 22 heavy (non-hydrogen) atoms. The molecule has 116 valence electrons. The predicted molar refractivity (Wildman–Crippen MR) is 85.2 cm³/mol. The number of anilines is 1. The first-order valence-electron chi connectivity index (χ1n) is 7.14. The van der Waals surface area contributed by atoms with E-state index in [1.807, 2.05) is 27.7 Å². The second-order valence-electron chi connectivity index (χ2n) is 5.58. The first-order valence-corrected chi connectivity index (χ1v) is 7.14. The molecule has 2 aromatic rings. The molecule has 0 atom stereocenters. The zero-order valence-electron chi connectivity index (χ0n) is 13.2. The third-order valence-electron chi connectivity index (χ3n) is 3.25. The van der Waals surface area contributed by atoms with Crippen molar-refractivity contribution in [3.63, 3.8) is 0 Å². The van der Waals surface area contributed by atoms with Crippen LogP contribution < -0.4 is 10.6 Å². The van der Waals surface area contributed by atoms with Crippen molar-refractivity contribution in [1.29, 1.82) is 0 Å². The van der Waals surface area contributed by atoms with E-state index in [0.29, 0.717) is 16.8 Å². The number of carbonyl (C=O) groups excluding carboxylic acids is 2. The Morgan fingerprint density at radius 2 is 1.73 bits per heavy atom. The Balaban J connectivity index is 2.14. The first-order chi connectivity index (χ1) is 10.4. The van der Waals surface area contributed by atoms with Gasteiger partial charge in [0.05, 0.1) is 11.8 Å². The van der Waals surface area contributed by atoms with E-state index in [9.17, 15) is 9.59 Å². The van der Waals surface area contributed by atoms with Crippen LogP contribution in [-0.2, 0) is 0 Å². The molecule has 0 fully saturated rings. The van der Waals surface area contributed by atoms with Gasteiger partial charge in [0.25, 0.3) is 11.8 Å². The number of furan rings is 1. The van der Waals surface area contributed by atoms with Crippen LogP contribution in [0.2, 0.25) is 0 Å². The fourth-order valence-corrected chi connectivity index (χ4v) is 2.13. The number of nitrogens with one attached hydrogen (secondary N) is 2. The smallest absolute Gasteiger partial charge is 0.259 e. The van der Waals surface area contributed by atoms with Gasteiger partial charge in [0.15, 0.2) is 0 Å². The maximum Gasteiger partial charge on any atom is 0.259 e. The summed E-state index contributed by atoms with van der Waals surface area (Å²) < 4.78 is 5.00. The van der Waals surface area contributed by atoms with Gasteiger partial charge >= 0.3 is 0 Å². The average Bonchev–Trinajstić information content (AvgIpc) is 2.84. The lowest BCUT2D eigenvalue weighted by Crippen LogP contribution is -2.30. The minimum Gasteiger partial charge on any atom is -0.471 e. The summed E-state index contributed by atoms with van der Waals surface area (Å²) in [5.74, 6) is -0.346. The molecule has 1 heterocycles. The van der Waals surface area contributed by atoms with E-state index in [1.165, 1.54) is 12.5 Å². The molecule has 0 bridgehead atoms. The van der Waals surface area contributed by atoms with Crippen molar-refractivity contribution >= 4 is 17.5 Å². The summed E-state index contributed by atoms with van der Waals surface area (Å²) in [5.41, 5.74) is 3.33. The Morgan fingerprint density at radius 3 is 2.27 bits per heavy atom. The number of benzene rings is 1. The van der Waals surface area contributed by atoms with E-state index in [-0.39, 0.29) is 17.9 Å². The van der Waals surface area contributed by atoms with E-state index in [1.54, 1.807) is 18.2 Å². The Bertz CT molecular complexity index is 702. The molecule has 0 spiro atoms. The van der Waals surface area contributed by atoms with Crippen molar-refractivity contribution in [2.75, 3.05) is 5.32 Å². The van der Waals surface area contributed by atoms with E-state index in [4.69, 9.17) is 4.42 Å². The van der Waals surface area contributed by atoms with Gasteiger partial charge in [-0.15, -0.1) is 0 Å². The molecular weight excluding hydrogens is 280 g/mol. The van der Waals surface area contributed by atoms with Crippen molar-refractivity contribution < 1.29 is 14.0 Å². The van der Waals surface area contributed by atoms with Crippen molar-refractivity contribution in [3.8, 4) is 0 Å². The maximum absolute atomic E-state index is 12.1. The SMILES string of the molecule is Cc1cocc1C(=O)Nc1ccc(C(=O)NC(C)C)c(C)c1. The standard InChI is InChI=1S/C17H20N2O3/c1-10(2)18-16(20)14-6-5-13(7-11(14)3)19-17(21)15-9-22-8-12(15)4/h5-10H,1-4H3,(H,18,20)(H,19,21). The summed E-state index contributed by atoms with van der Waals surface area (Å²) in [4.78, 5) is 24.2. The molecule has 2 amide bonds. The van der Waals surface area contributed by atoms with Gasteiger partial charge < -0.3 is 15.1 Å². The van der Waals surface area contributed by atoms with Crippen molar-refractivity contribution in [2.45, 2.75) is 33.7 Å². The van der Waals surface area contributed by atoms with Crippen LogP contribution in [0.4, 0.5) is 5.69 Å². The lowest BCUT2D eigenvalue weighted by Gasteiger charge is -2.12. The van der Waals surface area contributed by atoms with Crippen molar-refractivity contribution in [1.82, 2.24) is 5.32 Å². The summed E-state index contributed by atoms with van der Waals surface area (Å²) in [6.45, 7) is 7.47. The van der Waals surface area contributed by atoms with Crippen LogP contribution in [-0.4, -0.2) is 17.9 Å². The maximum atomic E-state index is 12.1. The van der Waals surface area contributed by atoms with Crippen LogP contribution in [0.25, 0.3) is 0 Å². The van der Waals surface area contributed by atoms with Gasteiger partial charge in [-0.3, -0.25) is 9.59 Å². The third kappa shape index (κ3) is 3.55. The summed E-state index contributed by atoms with van der Waals surface area (Å²) in [5, 5.41) is 5.65. The minimum atomic E-state index is -0.231. The fourth-order valence-electron chi connectivity index (χ4n) is 2.13. The normalized spacial score (nSPS) is 10.6. The molecule has 5 heteroatoms. The molecule has 0 saturated heterocycles.